The molecule has 0 saturated heterocycles. The summed E-state index contributed by atoms with van der Waals surface area (Å²) in [4.78, 5) is 0. The van der Waals surface area contributed by atoms with E-state index in [1.165, 1.54) is 0 Å². The van der Waals surface area contributed by atoms with Gasteiger partial charge in [-0.1, -0.05) is 5.92 Å². The second-order valence-electron chi connectivity index (χ2n) is 2.57. The van der Waals surface area contributed by atoms with Crippen LogP contribution in [0.2, 0.25) is 0 Å². The van der Waals surface area contributed by atoms with E-state index in [0.29, 0.717) is 12.6 Å². The van der Waals surface area contributed by atoms with Crippen LogP contribution in [0, 0.1) is 12.3 Å². The molecule has 0 spiro atoms. The first-order chi connectivity index (χ1) is 4.66. The first-order valence-corrected chi connectivity index (χ1v) is 3.51. The second kappa shape index (κ2) is 5.28. The van der Waals surface area contributed by atoms with E-state index in [4.69, 9.17) is 11.5 Å². The standard InChI is InChI=1S/C8H15NO/c1-4-5-9-7(2)6-8(3)10/h1,7-10H,5-6H2,2-3H3. The van der Waals surface area contributed by atoms with Gasteiger partial charge in [-0.05, 0) is 20.3 Å². The minimum Gasteiger partial charge on any atom is -0.393 e. The van der Waals surface area contributed by atoms with Gasteiger partial charge in [-0.3, -0.25) is 0 Å². The van der Waals surface area contributed by atoms with E-state index in [1.807, 2.05) is 6.92 Å². The molecular weight excluding hydrogens is 126 g/mol. The fraction of sp³-hybridized carbons (Fsp3) is 0.750. The lowest BCUT2D eigenvalue weighted by molar-refractivity contribution is 0.171. The molecule has 58 valence electrons. The van der Waals surface area contributed by atoms with Gasteiger partial charge in [0, 0.05) is 6.04 Å². The maximum atomic E-state index is 8.93. The van der Waals surface area contributed by atoms with E-state index in [0.717, 1.165) is 6.42 Å². The van der Waals surface area contributed by atoms with Gasteiger partial charge in [-0.2, -0.15) is 0 Å². The van der Waals surface area contributed by atoms with Gasteiger partial charge in [0.2, 0.25) is 0 Å². The summed E-state index contributed by atoms with van der Waals surface area (Å²) in [5, 5.41) is 12.0. The highest BCUT2D eigenvalue weighted by atomic mass is 16.3. The number of hydrogen-bond acceptors (Lipinski definition) is 2. The lowest BCUT2D eigenvalue weighted by Gasteiger charge is -2.12. The molecule has 0 rings (SSSR count). The Morgan fingerprint density at radius 2 is 2.20 bits per heavy atom. The summed E-state index contributed by atoms with van der Waals surface area (Å²) in [5.74, 6) is 2.48. The van der Waals surface area contributed by atoms with Crippen molar-refractivity contribution in [3.8, 4) is 12.3 Å². The van der Waals surface area contributed by atoms with Crippen molar-refractivity contribution in [3.05, 3.63) is 0 Å². The van der Waals surface area contributed by atoms with Gasteiger partial charge in [0.1, 0.15) is 0 Å². The van der Waals surface area contributed by atoms with Gasteiger partial charge in [0.25, 0.3) is 0 Å². The molecule has 2 unspecified atom stereocenters. The predicted octanol–water partition coefficient (Wildman–Crippen LogP) is 0.369. The summed E-state index contributed by atoms with van der Waals surface area (Å²) >= 11 is 0. The van der Waals surface area contributed by atoms with E-state index in [2.05, 4.69) is 11.2 Å². The number of rotatable bonds is 4. The van der Waals surface area contributed by atoms with Crippen LogP contribution in [0.3, 0.4) is 0 Å². The van der Waals surface area contributed by atoms with Gasteiger partial charge in [-0.15, -0.1) is 6.42 Å². The van der Waals surface area contributed by atoms with Crippen LogP contribution >= 0.6 is 0 Å². The van der Waals surface area contributed by atoms with Crippen molar-refractivity contribution in [3.63, 3.8) is 0 Å². The van der Waals surface area contributed by atoms with Crippen LogP contribution in [0.4, 0.5) is 0 Å². The number of nitrogens with one attached hydrogen (secondary N) is 1. The Labute approximate surface area is 62.6 Å². The Hall–Kier alpha value is -0.520. The molecule has 0 aliphatic carbocycles. The zero-order valence-corrected chi connectivity index (χ0v) is 6.59. The summed E-state index contributed by atoms with van der Waals surface area (Å²) in [6.45, 7) is 4.35. The minimum absolute atomic E-state index is 0.250. The quantitative estimate of drug-likeness (QED) is 0.554. The van der Waals surface area contributed by atoms with E-state index < -0.39 is 0 Å². The summed E-state index contributed by atoms with van der Waals surface area (Å²) in [6.07, 6.45) is 5.53. The van der Waals surface area contributed by atoms with Crippen LogP contribution in [0.5, 0.6) is 0 Å². The van der Waals surface area contributed by atoms with Crippen molar-refractivity contribution in [2.45, 2.75) is 32.4 Å². The zero-order chi connectivity index (χ0) is 7.98. The van der Waals surface area contributed by atoms with Crippen molar-refractivity contribution in [1.82, 2.24) is 5.32 Å². The molecule has 0 aliphatic heterocycles. The maximum absolute atomic E-state index is 8.93. The molecule has 2 N–H and O–H groups in total. The normalized spacial score (nSPS) is 15.8. The van der Waals surface area contributed by atoms with Crippen LogP contribution in [-0.4, -0.2) is 23.8 Å². The molecule has 0 heterocycles. The molecule has 0 aromatic carbocycles. The third-order valence-electron chi connectivity index (χ3n) is 1.25. The zero-order valence-electron chi connectivity index (χ0n) is 6.59. The van der Waals surface area contributed by atoms with Gasteiger partial charge >= 0.3 is 0 Å². The van der Waals surface area contributed by atoms with Gasteiger partial charge in [-0.25, -0.2) is 0 Å². The van der Waals surface area contributed by atoms with Crippen LogP contribution in [0.15, 0.2) is 0 Å². The van der Waals surface area contributed by atoms with Crippen LogP contribution in [0.1, 0.15) is 20.3 Å². The smallest absolute Gasteiger partial charge is 0.0575 e. The highest BCUT2D eigenvalue weighted by molar-refractivity contribution is 4.87. The molecule has 0 aromatic heterocycles. The van der Waals surface area contributed by atoms with E-state index in [1.54, 1.807) is 6.92 Å². The Bertz CT molecular complexity index is 115. The van der Waals surface area contributed by atoms with E-state index >= 15 is 0 Å². The summed E-state index contributed by atoms with van der Waals surface area (Å²) in [6, 6.07) is 0.302. The Morgan fingerprint density at radius 3 is 2.60 bits per heavy atom. The Kier molecular flexibility index (Phi) is 5.00. The highest BCUT2D eigenvalue weighted by Gasteiger charge is 2.02. The number of aliphatic hydroxyl groups is 1. The molecule has 0 fully saturated rings. The molecule has 0 bridgehead atoms. The highest BCUT2D eigenvalue weighted by Crippen LogP contribution is 1.94. The molecule has 2 nitrogen and oxygen atoms in total. The van der Waals surface area contributed by atoms with Crippen molar-refractivity contribution < 1.29 is 5.11 Å². The molecule has 0 aliphatic rings. The molecule has 0 saturated carbocycles. The average molecular weight is 141 g/mol. The van der Waals surface area contributed by atoms with Gasteiger partial charge < -0.3 is 10.4 Å². The van der Waals surface area contributed by atoms with Crippen molar-refractivity contribution in [2.24, 2.45) is 0 Å². The first kappa shape index (κ1) is 9.48. The lowest BCUT2D eigenvalue weighted by atomic mass is 10.1. The first-order valence-electron chi connectivity index (χ1n) is 3.51. The predicted molar refractivity (Wildman–Crippen MR) is 42.6 cm³/mol. The number of aliphatic hydroxyl groups excluding tert-OH is 1. The second-order valence-corrected chi connectivity index (χ2v) is 2.57. The molecule has 2 atom stereocenters. The summed E-state index contributed by atoms with van der Waals surface area (Å²) < 4.78 is 0. The molecule has 0 aromatic rings. The minimum atomic E-state index is -0.250. The van der Waals surface area contributed by atoms with Crippen LogP contribution in [-0.2, 0) is 0 Å². The molecular formula is C8H15NO. The average Bonchev–Trinajstić information content (AvgIpc) is 1.82. The Balaban J connectivity index is 3.27. The number of hydrogen-bond donors (Lipinski definition) is 2. The third kappa shape index (κ3) is 5.61. The third-order valence-corrected chi connectivity index (χ3v) is 1.25. The topological polar surface area (TPSA) is 32.3 Å². The van der Waals surface area contributed by atoms with Crippen molar-refractivity contribution >= 4 is 0 Å². The fourth-order valence-electron chi connectivity index (χ4n) is 0.828. The van der Waals surface area contributed by atoms with Gasteiger partial charge in [0.05, 0.1) is 12.6 Å². The monoisotopic (exact) mass is 141 g/mol. The fourth-order valence-corrected chi connectivity index (χ4v) is 0.828. The lowest BCUT2D eigenvalue weighted by Crippen LogP contribution is -2.29. The molecule has 0 amide bonds. The largest absolute Gasteiger partial charge is 0.393 e. The van der Waals surface area contributed by atoms with Crippen LogP contribution < -0.4 is 5.32 Å². The van der Waals surface area contributed by atoms with Crippen molar-refractivity contribution in [1.29, 1.82) is 0 Å². The maximum Gasteiger partial charge on any atom is 0.0575 e. The molecule has 10 heavy (non-hydrogen) atoms. The molecule has 2 heteroatoms. The van der Waals surface area contributed by atoms with Gasteiger partial charge in [0.15, 0.2) is 0 Å². The molecule has 0 radical (unpaired) electrons. The Morgan fingerprint density at radius 1 is 1.60 bits per heavy atom. The summed E-state index contributed by atoms with van der Waals surface area (Å²) in [7, 11) is 0. The van der Waals surface area contributed by atoms with E-state index in [-0.39, 0.29) is 6.10 Å². The summed E-state index contributed by atoms with van der Waals surface area (Å²) in [5.41, 5.74) is 0. The SMILES string of the molecule is C#CCNC(C)CC(C)O. The van der Waals surface area contributed by atoms with E-state index in [9.17, 15) is 0 Å². The number of terminal acetylenes is 1. The van der Waals surface area contributed by atoms with Crippen molar-refractivity contribution in [2.75, 3.05) is 6.54 Å². The van der Waals surface area contributed by atoms with Crippen LogP contribution in [0.25, 0.3) is 0 Å².